The minimum Gasteiger partial charge on any atom is -0.478 e. The lowest BCUT2D eigenvalue weighted by Crippen LogP contribution is -2.31. The van der Waals surface area contributed by atoms with Crippen LogP contribution in [0.3, 0.4) is 0 Å². The van der Waals surface area contributed by atoms with Gasteiger partial charge < -0.3 is 15.3 Å². The number of carboxylic acid groups (broad SMARTS) is 1. The molecule has 0 bridgehead atoms. The predicted molar refractivity (Wildman–Crippen MR) is 41.7 cm³/mol. The Hall–Kier alpha value is -1.52. The first kappa shape index (κ1) is 8.58. The fourth-order valence-electron chi connectivity index (χ4n) is 0.960. The number of carbonyl (C=O) groups is 2. The van der Waals surface area contributed by atoms with E-state index in [2.05, 4.69) is 11.9 Å². The van der Waals surface area contributed by atoms with E-state index in [0.717, 1.165) is 0 Å². The Balaban J connectivity index is 2.46. The van der Waals surface area contributed by atoms with Crippen molar-refractivity contribution in [3.63, 3.8) is 0 Å². The second kappa shape index (κ2) is 3.25. The lowest BCUT2D eigenvalue weighted by atomic mass is 10.3. The summed E-state index contributed by atoms with van der Waals surface area (Å²) in [7, 11) is 0. The lowest BCUT2D eigenvalue weighted by Gasteiger charge is -2.12. The third kappa shape index (κ3) is 1.75. The molecule has 0 radical (unpaired) electrons. The zero-order valence-electron chi connectivity index (χ0n) is 6.54. The van der Waals surface area contributed by atoms with Gasteiger partial charge in [-0.25, -0.2) is 9.59 Å². The number of carboxylic acids is 1. The Morgan fingerprint density at radius 3 is 2.83 bits per heavy atom. The number of carbonyl (C=O) groups excluding carboxylic acids is 1. The van der Waals surface area contributed by atoms with Crippen LogP contribution >= 0.6 is 0 Å². The quantitative estimate of drug-likeness (QED) is 0.569. The van der Waals surface area contributed by atoms with E-state index in [4.69, 9.17) is 5.11 Å². The molecule has 12 heavy (non-hydrogen) atoms. The van der Waals surface area contributed by atoms with Gasteiger partial charge in [-0.1, -0.05) is 6.58 Å². The van der Waals surface area contributed by atoms with Crippen LogP contribution in [0.4, 0.5) is 4.79 Å². The summed E-state index contributed by atoms with van der Waals surface area (Å²) in [6.07, 6.45) is 0. The van der Waals surface area contributed by atoms with Crippen LogP contribution in [0, 0.1) is 0 Å². The molecule has 66 valence electrons. The Morgan fingerprint density at radius 2 is 2.42 bits per heavy atom. The maximum Gasteiger partial charge on any atom is 0.332 e. The highest BCUT2D eigenvalue weighted by atomic mass is 16.4. The second-order valence-corrected chi connectivity index (χ2v) is 2.56. The van der Waals surface area contributed by atoms with E-state index in [1.165, 1.54) is 4.90 Å². The zero-order chi connectivity index (χ0) is 9.14. The summed E-state index contributed by atoms with van der Waals surface area (Å²) in [5.41, 5.74) is 0.0343. The molecule has 1 aliphatic rings. The number of rotatable bonds is 3. The standard InChI is InChI=1S/C7H10N2O3/c1-5(6(10)11)4-9-3-2-8-7(9)12/h1-4H2,(H,8,12)(H,10,11). The summed E-state index contributed by atoms with van der Waals surface area (Å²) in [5.74, 6) is -1.06. The van der Waals surface area contributed by atoms with Crippen LogP contribution < -0.4 is 5.32 Å². The van der Waals surface area contributed by atoms with Gasteiger partial charge in [0, 0.05) is 18.7 Å². The Morgan fingerprint density at radius 1 is 1.75 bits per heavy atom. The summed E-state index contributed by atoms with van der Waals surface area (Å²) < 4.78 is 0. The van der Waals surface area contributed by atoms with Crippen LogP contribution in [0.2, 0.25) is 0 Å². The molecule has 1 heterocycles. The maximum atomic E-state index is 10.9. The minimum absolute atomic E-state index is 0.0343. The average molecular weight is 170 g/mol. The van der Waals surface area contributed by atoms with Gasteiger partial charge in [-0.15, -0.1) is 0 Å². The van der Waals surface area contributed by atoms with Gasteiger partial charge in [0.05, 0.1) is 6.54 Å². The van der Waals surface area contributed by atoms with Crippen molar-refractivity contribution in [3.05, 3.63) is 12.2 Å². The molecule has 1 aliphatic heterocycles. The molecule has 0 unspecified atom stereocenters. The molecular formula is C7H10N2O3. The van der Waals surface area contributed by atoms with Crippen molar-refractivity contribution in [3.8, 4) is 0 Å². The highest BCUT2D eigenvalue weighted by molar-refractivity contribution is 5.87. The molecule has 0 atom stereocenters. The molecule has 1 fully saturated rings. The van der Waals surface area contributed by atoms with Crippen molar-refractivity contribution in [2.75, 3.05) is 19.6 Å². The smallest absolute Gasteiger partial charge is 0.332 e. The first-order valence-electron chi connectivity index (χ1n) is 3.55. The van der Waals surface area contributed by atoms with Gasteiger partial charge in [0.15, 0.2) is 0 Å². The van der Waals surface area contributed by atoms with E-state index >= 15 is 0 Å². The van der Waals surface area contributed by atoms with Crippen LogP contribution in [0.15, 0.2) is 12.2 Å². The highest BCUT2D eigenvalue weighted by Gasteiger charge is 2.21. The molecule has 0 aliphatic carbocycles. The van der Waals surface area contributed by atoms with Gasteiger partial charge in [0.2, 0.25) is 0 Å². The van der Waals surface area contributed by atoms with Crippen molar-refractivity contribution >= 4 is 12.0 Å². The molecule has 2 amide bonds. The molecular weight excluding hydrogens is 160 g/mol. The normalized spacial score (nSPS) is 16.0. The second-order valence-electron chi connectivity index (χ2n) is 2.56. The first-order chi connectivity index (χ1) is 5.61. The van der Waals surface area contributed by atoms with Gasteiger partial charge in [0.1, 0.15) is 0 Å². The van der Waals surface area contributed by atoms with Gasteiger partial charge >= 0.3 is 12.0 Å². The molecule has 5 heteroatoms. The van der Waals surface area contributed by atoms with Crippen LogP contribution in [0.5, 0.6) is 0 Å². The third-order valence-electron chi connectivity index (χ3n) is 1.63. The monoisotopic (exact) mass is 170 g/mol. The van der Waals surface area contributed by atoms with Crippen molar-refractivity contribution in [1.29, 1.82) is 0 Å². The summed E-state index contributed by atoms with van der Waals surface area (Å²) in [5, 5.41) is 11.0. The summed E-state index contributed by atoms with van der Waals surface area (Å²) in [6, 6.07) is -0.225. The van der Waals surface area contributed by atoms with Crippen molar-refractivity contribution in [1.82, 2.24) is 10.2 Å². The number of hydrogen-bond donors (Lipinski definition) is 2. The molecule has 0 spiro atoms. The number of nitrogens with one attached hydrogen (secondary N) is 1. The largest absolute Gasteiger partial charge is 0.478 e. The van der Waals surface area contributed by atoms with E-state index in [-0.39, 0.29) is 18.1 Å². The molecule has 0 aromatic rings. The average Bonchev–Trinajstić information content (AvgIpc) is 2.36. The summed E-state index contributed by atoms with van der Waals surface area (Å²) in [6.45, 7) is 4.55. The molecule has 1 saturated heterocycles. The molecule has 1 rings (SSSR count). The molecule has 5 nitrogen and oxygen atoms in total. The molecule has 0 saturated carbocycles. The minimum atomic E-state index is -1.06. The predicted octanol–water partition coefficient (Wildman–Crippen LogP) is -0.348. The van der Waals surface area contributed by atoms with Crippen LogP contribution in [-0.4, -0.2) is 41.6 Å². The van der Waals surface area contributed by atoms with E-state index in [1.807, 2.05) is 0 Å². The molecule has 0 aromatic carbocycles. The summed E-state index contributed by atoms with van der Waals surface area (Å²) >= 11 is 0. The third-order valence-corrected chi connectivity index (χ3v) is 1.63. The number of nitrogens with zero attached hydrogens (tertiary/aromatic N) is 1. The SMILES string of the molecule is C=C(CN1CCNC1=O)C(=O)O. The fraction of sp³-hybridized carbons (Fsp3) is 0.429. The zero-order valence-corrected chi connectivity index (χ0v) is 6.54. The molecule has 0 aromatic heterocycles. The topological polar surface area (TPSA) is 69.6 Å². The van der Waals surface area contributed by atoms with Crippen LogP contribution in [0.25, 0.3) is 0 Å². The van der Waals surface area contributed by atoms with E-state index in [9.17, 15) is 9.59 Å². The van der Waals surface area contributed by atoms with E-state index in [1.54, 1.807) is 0 Å². The van der Waals surface area contributed by atoms with E-state index in [0.29, 0.717) is 13.1 Å². The van der Waals surface area contributed by atoms with Crippen molar-refractivity contribution in [2.45, 2.75) is 0 Å². The van der Waals surface area contributed by atoms with Gasteiger partial charge in [0.25, 0.3) is 0 Å². The Labute approximate surface area is 69.7 Å². The number of urea groups is 1. The highest BCUT2D eigenvalue weighted by Crippen LogP contribution is 2.01. The van der Waals surface area contributed by atoms with Crippen molar-refractivity contribution < 1.29 is 14.7 Å². The van der Waals surface area contributed by atoms with Crippen LogP contribution in [0.1, 0.15) is 0 Å². The lowest BCUT2D eigenvalue weighted by molar-refractivity contribution is -0.132. The molecule has 2 N–H and O–H groups in total. The van der Waals surface area contributed by atoms with Gasteiger partial charge in [-0.05, 0) is 0 Å². The van der Waals surface area contributed by atoms with Crippen molar-refractivity contribution in [2.24, 2.45) is 0 Å². The first-order valence-corrected chi connectivity index (χ1v) is 3.55. The van der Waals surface area contributed by atoms with Crippen LogP contribution in [-0.2, 0) is 4.79 Å². The summed E-state index contributed by atoms with van der Waals surface area (Å²) in [4.78, 5) is 22.7. The number of amides is 2. The number of hydrogen-bond acceptors (Lipinski definition) is 2. The Kier molecular flexibility index (Phi) is 2.32. The van der Waals surface area contributed by atoms with Gasteiger partial charge in [-0.3, -0.25) is 0 Å². The fourth-order valence-corrected chi connectivity index (χ4v) is 0.960. The van der Waals surface area contributed by atoms with Gasteiger partial charge in [-0.2, -0.15) is 0 Å². The number of aliphatic carboxylic acids is 1. The van der Waals surface area contributed by atoms with E-state index < -0.39 is 5.97 Å². The Bertz CT molecular complexity index is 237. The maximum absolute atomic E-state index is 10.9.